The van der Waals surface area contributed by atoms with Crippen molar-refractivity contribution in [2.75, 3.05) is 6.61 Å². The number of carbonyl (C=O) groups excluding carboxylic acids is 1. The molecule has 1 saturated carbocycles. The number of rotatable bonds is 4. The summed E-state index contributed by atoms with van der Waals surface area (Å²) in [5.74, 6) is 0.421. The van der Waals surface area contributed by atoms with Crippen LogP contribution in [0.1, 0.15) is 18.9 Å². The van der Waals surface area contributed by atoms with Gasteiger partial charge < -0.3 is 4.74 Å². The summed E-state index contributed by atoms with van der Waals surface area (Å²) in [5.41, 5.74) is 1.18. The van der Waals surface area contributed by atoms with E-state index in [0.717, 1.165) is 6.42 Å². The summed E-state index contributed by atoms with van der Waals surface area (Å²) < 4.78 is 4.98. The van der Waals surface area contributed by atoms with Gasteiger partial charge in [-0.2, -0.15) is 0 Å². The van der Waals surface area contributed by atoms with Crippen molar-refractivity contribution in [3.05, 3.63) is 42.0 Å². The van der Waals surface area contributed by atoms with Gasteiger partial charge in [-0.05, 0) is 24.8 Å². The molecule has 0 heterocycles. The summed E-state index contributed by atoms with van der Waals surface area (Å²) in [7, 11) is 0. The van der Waals surface area contributed by atoms with Crippen LogP contribution in [-0.2, 0) is 9.53 Å². The smallest absolute Gasteiger partial charge is 0.309 e. The first-order valence-corrected chi connectivity index (χ1v) is 5.71. The van der Waals surface area contributed by atoms with E-state index in [9.17, 15) is 4.79 Å². The van der Waals surface area contributed by atoms with E-state index in [-0.39, 0.29) is 11.9 Å². The van der Waals surface area contributed by atoms with Gasteiger partial charge in [-0.1, -0.05) is 42.5 Å². The van der Waals surface area contributed by atoms with Gasteiger partial charge in [-0.25, -0.2) is 0 Å². The van der Waals surface area contributed by atoms with Crippen LogP contribution in [0.4, 0.5) is 0 Å². The maximum Gasteiger partial charge on any atom is 0.309 e. The van der Waals surface area contributed by atoms with E-state index in [1.54, 1.807) is 0 Å². The van der Waals surface area contributed by atoms with Gasteiger partial charge in [0, 0.05) is 0 Å². The molecule has 84 valence electrons. The number of hydrogen-bond donors (Lipinski definition) is 0. The van der Waals surface area contributed by atoms with Gasteiger partial charge >= 0.3 is 5.97 Å². The largest absolute Gasteiger partial charge is 0.466 e. The van der Waals surface area contributed by atoms with Crippen molar-refractivity contribution in [1.29, 1.82) is 0 Å². The Hall–Kier alpha value is -1.57. The first kappa shape index (κ1) is 10.9. The maximum atomic E-state index is 11.4. The Morgan fingerprint density at radius 3 is 2.88 bits per heavy atom. The van der Waals surface area contributed by atoms with Gasteiger partial charge in [0.2, 0.25) is 0 Å². The predicted octanol–water partition coefficient (Wildman–Crippen LogP) is 2.90. The van der Waals surface area contributed by atoms with Crippen molar-refractivity contribution in [2.45, 2.75) is 13.3 Å². The molecular weight excluding hydrogens is 200 g/mol. The van der Waals surface area contributed by atoms with E-state index in [2.05, 4.69) is 24.3 Å². The Bertz CT molecular complexity index is 381. The van der Waals surface area contributed by atoms with E-state index < -0.39 is 0 Å². The monoisotopic (exact) mass is 216 g/mol. The van der Waals surface area contributed by atoms with E-state index in [1.807, 2.05) is 25.1 Å². The fourth-order valence-corrected chi connectivity index (χ4v) is 1.75. The van der Waals surface area contributed by atoms with Crippen molar-refractivity contribution >= 4 is 12.0 Å². The highest BCUT2D eigenvalue weighted by atomic mass is 16.5. The lowest BCUT2D eigenvalue weighted by Crippen LogP contribution is -2.06. The van der Waals surface area contributed by atoms with Crippen LogP contribution >= 0.6 is 0 Å². The molecule has 0 aromatic heterocycles. The Morgan fingerprint density at radius 1 is 1.44 bits per heavy atom. The number of ether oxygens (including phenoxy) is 1. The summed E-state index contributed by atoms with van der Waals surface area (Å²) in [5, 5.41) is 0. The normalized spacial score (nSPS) is 23.3. The zero-order valence-corrected chi connectivity index (χ0v) is 9.43. The van der Waals surface area contributed by atoms with Crippen molar-refractivity contribution in [2.24, 2.45) is 11.8 Å². The standard InChI is InChI=1S/C14H16O2/c1-2-16-14(15)13-10-12(13)9-8-11-6-4-3-5-7-11/h3-9,12-13H,2,10H2,1H3/b9-8-. The van der Waals surface area contributed by atoms with Crippen LogP contribution in [0.2, 0.25) is 0 Å². The lowest BCUT2D eigenvalue weighted by molar-refractivity contribution is -0.144. The van der Waals surface area contributed by atoms with E-state index in [0.29, 0.717) is 12.5 Å². The second-order valence-corrected chi connectivity index (χ2v) is 4.03. The molecule has 2 heteroatoms. The van der Waals surface area contributed by atoms with Crippen molar-refractivity contribution < 1.29 is 9.53 Å². The third-order valence-corrected chi connectivity index (χ3v) is 2.76. The predicted molar refractivity (Wildman–Crippen MR) is 63.7 cm³/mol. The third-order valence-electron chi connectivity index (χ3n) is 2.76. The first-order valence-electron chi connectivity index (χ1n) is 5.71. The number of carbonyl (C=O) groups is 1. The number of allylic oxidation sites excluding steroid dienone is 1. The van der Waals surface area contributed by atoms with Gasteiger partial charge in [-0.3, -0.25) is 4.79 Å². The Kier molecular flexibility index (Phi) is 3.40. The van der Waals surface area contributed by atoms with Gasteiger partial charge in [0.05, 0.1) is 12.5 Å². The van der Waals surface area contributed by atoms with Crippen molar-refractivity contribution in [1.82, 2.24) is 0 Å². The second-order valence-electron chi connectivity index (χ2n) is 4.03. The van der Waals surface area contributed by atoms with E-state index >= 15 is 0 Å². The molecular formula is C14H16O2. The lowest BCUT2D eigenvalue weighted by atomic mass is 10.2. The average Bonchev–Trinajstić information content (AvgIpc) is 3.08. The van der Waals surface area contributed by atoms with Gasteiger partial charge in [0.1, 0.15) is 0 Å². The fourth-order valence-electron chi connectivity index (χ4n) is 1.75. The summed E-state index contributed by atoms with van der Waals surface area (Å²) in [6.45, 7) is 2.32. The number of hydrogen-bond acceptors (Lipinski definition) is 2. The molecule has 0 spiro atoms. The summed E-state index contributed by atoms with van der Waals surface area (Å²) in [6, 6.07) is 10.1. The Morgan fingerprint density at radius 2 is 2.19 bits per heavy atom. The van der Waals surface area contributed by atoms with Crippen LogP contribution in [0.25, 0.3) is 6.08 Å². The molecule has 0 N–H and O–H groups in total. The summed E-state index contributed by atoms with van der Waals surface area (Å²) in [4.78, 5) is 11.4. The first-order chi connectivity index (χ1) is 7.81. The Labute approximate surface area is 95.9 Å². The lowest BCUT2D eigenvalue weighted by Gasteiger charge is -1.97. The highest BCUT2D eigenvalue weighted by molar-refractivity contribution is 5.76. The van der Waals surface area contributed by atoms with Crippen LogP contribution in [0.5, 0.6) is 0 Å². The molecule has 16 heavy (non-hydrogen) atoms. The van der Waals surface area contributed by atoms with Crippen LogP contribution in [0.3, 0.4) is 0 Å². The zero-order valence-electron chi connectivity index (χ0n) is 9.43. The topological polar surface area (TPSA) is 26.3 Å². The van der Waals surface area contributed by atoms with Gasteiger partial charge in [0.25, 0.3) is 0 Å². The van der Waals surface area contributed by atoms with Crippen LogP contribution < -0.4 is 0 Å². The molecule has 0 saturated heterocycles. The SMILES string of the molecule is CCOC(=O)C1CC1/C=C\c1ccccc1. The second kappa shape index (κ2) is 4.97. The molecule has 2 rings (SSSR count). The minimum absolute atomic E-state index is 0.0507. The molecule has 1 aliphatic carbocycles. The molecule has 1 aromatic rings. The summed E-state index contributed by atoms with van der Waals surface area (Å²) in [6.07, 6.45) is 5.11. The molecule has 1 aliphatic rings. The molecule has 2 nitrogen and oxygen atoms in total. The quantitative estimate of drug-likeness (QED) is 0.723. The number of benzene rings is 1. The van der Waals surface area contributed by atoms with Crippen LogP contribution in [0, 0.1) is 11.8 Å². The Balaban J connectivity index is 1.85. The average molecular weight is 216 g/mol. The molecule has 2 atom stereocenters. The molecule has 1 aromatic carbocycles. The van der Waals surface area contributed by atoms with Gasteiger partial charge in [0.15, 0.2) is 0 Å². The van der Waals surface area contributed by atoms with Crippen LogP contribution in [0.15, 0.2) is 36.4 Å². The molecule has 0 radical (unpaired) electrons. The van der Waals surface area contributed by atoms with Crippen LogP contribution in [-0.4, -0.2) is 12.6 Å². The van der Waals surface area contributed by atoms with Gasteiger partial charge in [-0.15, -0.1) is 0 Å². The molecule has 0 amide bonds. The number of esters is 1. The molecule has 1 fully saturated rings. The fraction of sp³-hybridized carbons (Fsp3) is 0.357. The van der Waals surface area contributed by atoms with E-state index in [1.165, 1.54) is 5.56 Å². The zero-order chi connectivity index (χ0) is 11.4. The molecule has 0 bridgehead atoms. The minimum Gasteiger partial charge on any atom is -0.466 e. The van der Waals surface area contributed by atoms with Crippen molar-refractivity contribution in [3.8, 4) is 0 Å². The minimum atomic E-state index is -0.0507. The van der Waals surface area contributed by atoms with Crippen molar-refractivity contribution in [3.63, 3.8) is 0 Å². The highest BCUT2D eigenvalue weighted by Crippen LogP contribution is 2.40. The maximum absolute atomic E-state index is 11.4. The third kappa shape index (κ3) is 2.72. The molecule has 0 aliphatic heterocycles. The van der Waals surface area contributed by atoms with E-state index in [4.69, 9.17) is 4.74 Å². The summed E-state index contributed by atoms with van der Waals surface area (Å²) >= 11 is 0. The molecule has 2 unspecified atom stereocenters. The highest BCUT2D eigenvalue weighted by Gasteiger charge is 2.42.